The Balaban J connectivity index is 4.19. The van der Waals surface area contributed by atoms with Gasteiger partial charge in [-0.3, -0.25) is 96.3 Å². The Labute approximate surface area is 426 Å². The van der Waals surface area contributed by atoms with Crippen molar-refractivity contribution in [2.24, 2.45) is 0 Å². The molecule has 0 aromatic carbocycles. The predicted octanol–water partition coefficient (Wildman–Crippen LogP) is -7.43. The second-order valence-corrected chi connectivity index (χ2v) is 16.5. The van der Waals surface area contributed by atoms with Crippen molar-refractivity contribution in [2.75, 3.05) is 105 Å². The summed E-state index contributed by atoms with van der Waals surface area (Å²) in [5.74, 6) is -26.8. The molecule has 0 aromatic rings. The minimum atomic E-state index is -2.22. The van der Waals surface area contributed by atoms with Crippen LogP contribution in [0.4, 0.5) is 0 Å². The Kier molecular flexibility index (Phi) is 26.8. The van der Waals surface area contributed by atoms with Gasteiger partial charge in [0.05, 0.1) is 78.0 Å². The van der Waals surface area contributed by atoms with Gasteiger partial charge in [0, 0.05) is 52.4 Å². The molecule has 36 nitrogen and oxygen atoms in total. The topological polar surface area (TPSA) is 542 Å². The minimum Gasteiger partial charge on any atom is -0.480 e. The molecule has 1 rings (SSSR count). The summed E-state index contributed by atoms with van der Waals surface area (Å²) in [7, 11) is 0. The first-order valence-corrected chi connectivity index (χ1v) is 22.0. The van der Waals surface area contributed by atoms with Crippen LogP contribution in [0.3, 0.4) is 0 Å². The molecule has 0 aromatic heterocycles. The normalized spacial score (nSPS) is 15.1. The van der Waals surface area contributed by atoms with Crippen LogP contribution in [0.25, 0.3) is 0 Å². The lowest BCUT2D eigenvalue weighted by Crippen LogP contribution is -2.55. The van der Waals surface area contributed by atoms with E-state index in [-0.39, 0.29) is 0 Å². The second-order valence-electron chi connectivity index (χ2n) is 16.5. The van der Waals surface area contributed by atoms with E-state index in [9.17, 15) is 138 Å². The van der Waals surface area contributed by atoms with Crippen molar-refractivity contribution in [3.05, 3.63) is 0 Å². The zero-order chi connectivity index (χ0) is 58.3. The monoisotopic (exact) mass is 1100 g/mol. The Morgan fingerprint density at radius 3 is 0.461 bits per heavy atom. The van der Waals surface area contributed by atoms with Crippen LogP contribution in [-0.2, 0) is 76.7 Å². The largest absolute Gasteiger partial charge is 0.480 e. The highest BCUT2D eigenvalue weighted by Crippen LogP contribution is 2.16. The molecule has 424 valence electrons. The van der Waals surface area contributed by atoms with Crippen molar-refractivity contribution in [1.29, 1.82) is 0 Å². The third-order valence-electron chi connectivity index (χ3n) is 11.1. The van der Waals surface area contributed by atoms with E-state index in [1.807, 2.05) is 0 Å². The summed E-state index contributed by atoms with van der Waals surface area (Å²) >= 11 is 0. The summed E-state index contributed by atoms with van der Waals surface area (Å²) in [5, 5.41) is 115. The van der Waals surface area contributed by atoms with Crippen LogP contribution in [0.2, 0.25) is 0 Å². The fraction of sp³-hybridized carbons (Fsp3) is 0.600. The van der Waals surface area contributed by atoms with Crippen molar-refractivity contribution in [1.82, 2.24) is 39.2 Å². The van der Waals surface area contributed by atoms with E-state index in [0.717, 1.165) is 19.6 Å². The number of aliphatic carboxylic acids is 12. The van der Waals surface area contributed by atoms with E-state index >= 15 is 0 Å². The summed E-state index contributed by atoms with van der Waals surface area (Å²) in [6, 6.07) is -8.87. The van der Waals surface area contributed by atoms with Gasteiger partial charge in [0.25, 0.3) is 0 Å². The molecule has 0 spiro atoms. The zero-order valence-corrected chi connectivity index (χ0v) is 39.9. The van der Waals surface area contributed by atoms with E-state index in [4.69, 9.17) is 0 Å². The van der Waals surface area contributed by atoms with Crippen LogP contribution in [0.15, 0.2) is 0 Å². The lowest BCUT2D eigenvalue weighted by molar-refractivity contribution is -0.155. The first-order valence-electron chi connectivity index (χ1n) is 22.0. The molecule has 36 heteroatoms. The first-order chi connectivity index (χ1) is 35.2. The van der Waals surface area contributed by atoms with Crippen LogP contribution < -0.4 is 0 Å². The fourth-order valence-electron chi connectivity index (χ4n) is 7.57. The smallest absolute Gasteiger partial charge is 0.321 e. The molecule has 76 heavy (non-hydrogen) atoms. The van der Waals surface area contributed by atoms with Crippen LogP contribution in [-0.4, -0.2) is 325 Å². The van der Waals surface area contributed by atoms with Gasteiger partial charge < -0.3 is 80.9 Å². The minimum absolute atomic E-state index is 0.369. The molecule has 12 N–H and O–H groups in total. The molecule has 0 bridgehead atoms. The van der Waals surface area contributed by atoms with Crippen molar-refractivity contribution in [3.8, 4) is 0 Å². The molecular weight excluding hydrogens is 1040 g/mol. The number of nitrogens with zero attached hydrogens (tertiary/aromatic N) is 8. The lowest BCUT2D eigenvalue weighted by atomic mass is 10.1. The van der Waals surface area contributed by atoms with Gasteiger partial charge in [0.1, 0.15) is 24.2 Å². The van der Waals surface area contributed by atoms with Crippen molar-refractivity contribution < 1.29 is 138 Å². The lowest BCUT2D eigenvalue weighted by Gasteiger charge is -2.36. The van der Waals surface area contributed by atoms with Crippen LogP contribution >= 0.6 is 0 Å². The summed E-state index contributed by atoms with van der Waals surface area (Å²) in [5.41, 5.74) is 0. The van der Waals surface area contributed by atoms with Gasteiger partial charge >= 0.3 is 71.6 Å². The Bertz CT molecular complexity index is 1860. The van der Waals surface area contributed by atoms with Crippen LogP contribution in [0.5, 0.6) is 0 Å². The highest BCUT2D eigenvalue weighted by molar-refractivity contribution is 5.89. The SMILES string of the molecule is O=C(O)CN(CC(=O)O)C(CC(=O)N1CCN(C(=O)CC(C(=O)O)N(CC(=O)O)CC(=O)O)CCN(C(=O)CC(C(=O)O)N(CC(=O)O)CC(=O)O)CCN(C(=O)CC(C(=O)O)N(CC(=O)O)CC(=O)O)CC1)C(=O)O. The zero-order valence-electron chi connectivity index (χ0n) is 39.9. The van der Waals surface area contributed by atoms with Crippen LogP contribution in [0.1, 0.15) is 25.7 Å². The standard InChI is InChI=1S/C40H56N8O28/c49-25(9-21(37(69)70)45(13-29(53)54)14-30(55)56)41-1-2-42(26(50)10-22(38(71)72)46(15-31(57)58)16-32(59)60)5-6-44(28(52)12-24(40(75)76)48(19-35(65)66)20-36(67)68)8-7-43(4-3-41)27(51)11-23(39(73)74)47(17-33(61)62)18-34(63)64/h21-24H,1-20H2,(H,53,54)(H,55,56)(H,57,58)(H,59,60)(H,61,62)(H,63,64)(H,65,66)(H,67,68)(H,69,70)(H,71,72)(H,73,74)(H,75,76). The van der Waals surface area contributed by atoms with Crippen LogP contribution in [0, 0.1) is 0 Å². The molecule has 0 saturated carbocycles. The molecule has 1 heterocycles. The van der Waals surface area contributed by atoms with Crippen molar-refractivity contribution in [3.63, 3.8) is 0 Å². The molecule has 4 amide bonds. The van der Waals surface area contributed by atoms with E-state index in [0.29, 0.717) is 19.6 Å². The third-order valence-corrected chi connectivity index (χ3v) is 11.1. The molecular formula is C40H56N8O28. The van der Waals surface area contributed by atoms with Gasteiger partial charge in [-0.2, -0.15) is 0 Å². The van der Waals surface area contributed by atoms with Gasteiger partial charge in [0.2, 0.25) is 23.6 Å². The maximum absolute atomic E-state index is 14.1. The maximum Gasteiger partial charge on any atom is 0.321 e. The third kappa shape index (κ3) is 23.5. The Morgan fingerprint density at radius 2 is 0.368 bits per heavy atom. The highest BCUT2D eigenvalue weighted by atomic mass is 16.4. The average Bonchev–Trinajstić information content (AvgIpc) is 3.25. The summed E-state index contributed by atoms with van der Waals surface area (Å²) in [4.78, 5) is 204. The highest BCUT2D eigenvalue weighted by Gasteiger charge is 2.38. The molecule has 4 unspecified atom stereocenters. The molecule has 0 aliphatic carbocycles. The quantitative estimate of drug-likeness (QED) is 0.0298. The predicted molar refractivity (Wildman–Crippen MR) is 238 cm³/mol. The molecule has 0 radical (unpaired) electrons. The Hall–Kier alpha value is -8.64. The Morgan fingerprint density at radius 1 is 0.250 bits per heavy atom. The number of carbonyl (C=O) groups excluding carboxylic acids is 4. The maximum atomic E-state index is 14.1. The molecule has 1 aliphatic rings. The van der Waals surface area contributed by atoms with Gasteiger partial charge in [-0.05, 0) is 0 Å². The number of hydrogen-bond acceptors (Lipinski definition) is 20. The second kappa shape index (κ2) is 31.2. The van der Waals surface area contributed by atoms with Crippen molar-refractivity contribution in [2.45, 2.75) is 49.9 Å². The van der Waals surface area contributed by atoms with Gasteiger partial charge in [-0.1, -0.05) is 0 Å². The number of carboxylic acids is 12. The summed E-state index contributed by atoms with van der Waals surface area (Å²) < 4.78 is 0. The van der Waals surface area contributed by atoms with E-state index in [1.54, 1.807) is 0 Å². The number of rotatable bonds is 32. The number of hydrogen-bond donors (Lipinski definition) is 12. The fourth-order valence-corrected chi connectivity index (χ4v) is 7.57. The van der Waals surface area contributed by atoms with E-state index < -0.39 is 250 Å². The first kappa shape index (κ1) is 65.4. The average molecular weight is 1100 g/mol. The van der Waals surface area contributed by atoms with E-state index in [2.05, 4.69) is 0 Å². The molecule has 1 fully saturated rings. The molecule has 1 aliphatic heterocycles. The molecule has 4 atom stereocenters. The van der Waals surface area contributed by atoms with Crippen molar-refractivity contribution >= 4 is 95.3 Å². The van der Waals surface area contributed by atoms with Gasteiger partial charge in [-0.15, -0.1) is 0 Å². The summed E-state index contributed by atoms with van der Waals surface area (Å²) in [6.07, 6.45) is -4.97. The van der Waals surface area contributed by atoms with Gasteiger partial charge in [0.15, 0.2) is 0 Å². The molecule has 1 saturated heterocycles. The summed E-state index contributed by atoms with van der Waals surface area (Å²) in [6.45, 7) is -16.5. The van der Waals surface area contributed by atoms with E-state index in [1.165, 1.54) is 0 Å². The number of amides is 4. The number of carbonyl (C=O) groups is 16. The van der Waals surface area contributed by atoms with Gasteiger partial charge in [-0.25, -0.2) is 0 Å². The number of carboxylic acid groups (broad SMARTS) is 12.